The summed E-state index contributed by atoms with van der Waals surface area (Å²) in [4.78, 5) is 8.36. The molecule has 5 nitrogen and oxygen atoms in total. The molecule has 0 aliphatic heterocycles. The SMILES string of the molecule is Nc1c(Nc2ccc(I)cc2)ncnc1Nc1cccc(Cl)c1Cl. The van der Waals surface area contributed by atoms with Gasteiger partial charge in [0.25, 0.3) is 0 Å². The molecule has 3 rings (SSSR count). The van der Waals surface area contributed by atoms with E-state index in [0.29, 0.717) is 33.1 Å². The Morgan fingerprint density at radius 2 is 1.58 bits per heavy atom. The van der Waals surface area contributed by atoms with E-state index in [0.717, 1.165) is 9.26 Å². The maximum absolute atomic E-state index is 6.18. The molecule has 0 aliphatic rings. The zero-order valence-corrected chi connectivity index (χ0v) is 15.9. The fraction of sp³-hybridized carbons (Fsp3) is 0. The van der Waals surface area contributed by atoms with Crippen molar-refractivity contribution in [3.05, 3.63) is 62.4 Å². The highest BCUT2D eigenvalue weighted by Crippen LogP contribution is 2.34. The predicted octanol–water partition coefficient (Wildman–Crippen LogP) is 5.46. The maximum Gasteiger partial charge on any atom is 0.159 e. The van der Waals surface area contributed by atoms with Crippen molar-refractivity contribution in [3.63, 3.8) is 0 Å². The van der Waals surface area contributed by atoms with Crippen molar-refractivity contribution in [2.75, 3.05) is 16.4 Å². The van der Waals surface area contributed by atoms with E-state index in [9.17, 15) is 0 Å². The Kier molecular flexibility index (Phi) is 5.27. The number of benzene rings is 2. The van der Waals surface area contributed by atoms with Crippen LogP contribution in [0.15, 0.2) is 48.8 Å². The predicted molar refractivity (Wildman–Crippen MR) is 109 cm³/mol. The van der Waals surface area contributed by atoms with Crippen molar-refractivity contribution < 1.29 is 0 Å². The third kappa shape index (κ3) is 3.82. The van der Waals surface area contributed by atoms with Gasteiger partial charge in [-0.1, -0.05) is 29.3 Å². The second-order valence-electron chi connectivity index (χ2n) is 4.84. The van der Waals surface area contributed by atoms with E-state index in [1.807, 2.05) is 24.3 Å². The second kappa shape index (κ2) is 7.42. The smallest absolute Gasteiger partial charge is 0.159 e. The molecular weight excluding hydrogens is 460 g/mol. The van der Waals surface area contributed by atoms with Crippen LogP contribution >= 0.6 is 45.8 Å². The van der Waals surface area contributed by atoms with Gasteiger partial charge in [0.15, 0.2) is 11.6 Å². The van der Waals surface area contributed by atoms with Gasteiger partial charge in [0.05, 0.1) is 15.7 Å². The molecule has 0 amide bonds. The van der Waals surface area contributed by atoms with Gasteiger partial charge in [0.2, 0.25) is 0 Å². The quantitative estimate of drug-likeness (QED) is 0.440. The lowest BCUT2D eigenvalue weighted by atomic mass is 10.3. The molecule has 24 heavy (non-hydrogen) atoms. The molecule has 0 unspecified atom stereocenters. The van der Waals surface area contributed by atoms with Crippen molar-refractivity contribution in [1.82, 2.24) is 9.97 Å². The van der Waals surface area contributed by atoms with Crippen LogP contribution in [-0.2, 0) is 0 Å². The van der Waals surface area contributed by atoms with Gasteiger partial charge < -0.3 is 16.4 Å². The Morgan fingerprint density at radius 1 is 0.917 bits per heavy atom. The molecule has 0 saturated carbocycles. The van der Waals surface area contributed by atoms with Crippen LogP contribution in [0.25, 0.3) is 0 Å². The molecule has 0 radical (unpaired) electrons. The van der Waals surface area contributed by atoms with Crippen LogP contribution in [0.1, 0.15) is 0 Å². The van der Waals surface area contributed by atoms with Gasteiger partial charge in [-0.3, -0.25) is 0 Å². The summed E-state index contributed by atoms with van der Waals surface area (Å²) >= 11 is 14.5. The highest BCUT2D eigenvalue weighted by Gasteiger charge is 2.11. The second-order valence-corrected chi connectivity index (χ2v) is 6.87. The summed E-state index contributed by atoms with van der Waals surface area (Å²) in [6.45, 7) is 0. The minimum atomic E-state index is 0.382. The van der Waals surface area contributed by atoms with Gasteiger partial charge in [-0.2, -0.15) is 0 Å². The standard InChI is InChI=1S/C16H12Cl2IN5/c17-11-2-1-3-12(13(11)18)24-16-14(20)15(21-8-22-16)23-10-6-4-9(19)5-7-10/h1-8H,20H2,(H2,21,22,23,24). The van der Waals surface area contributed by atoms with Crippen LogP contribution in [0.4, 0.5) is 28.7 Å². The normalized spacial score (nSPS) is 10.5. The third-order valence-electron chi connectivity index (χ3n) is 3.20. The Balaban J connectivity index is 1.88. The molecule has 0 spiro atoms. The Bertz CT molecular complexity index is 871. The lowest BCUT2D eigenvalue weighted by Gasteiger charge is -2.13. The van der Waals surface area contributed by atoms with Gasteiger partial charge in [-0.05, 0) is 59.0 Å². The van der Waals surface area contributed by atoms with Crippen LogP contribution in [0.5, 0.6) is 0 Å². The molecule has 0 fully saturated rings. The topological polar surface area (TPSA) is 75.9 Å². The van der Waals surface area contributed by atoms with Crippen molar-refractivity contribution in [2.24, 2.45) is 0 Å². The Hall–Kier alpha value is -1.77. The summed E-state index contributed by atoms with van der Waals surface area (Å²) < 4.78 is 1.15. The van der Waals surface area contributed by atoms with Crippen LogP contribution in [0.2, 0.25) is 10.0 Å². The number of nitrogens with two attached hydrogens (primary N) is 1. The van der Waals surface area contributed by atoms with E-state index in [1.54, 1.807) is 18.2 Å². The number of rotatable bonds is 4. The van der Waals surface area contributed by atoms with Gasteiger partial charge in [0.1, 0.15) is 12.0 Å². The van der Waals surface area contributed by atoms with Crippen LogP contribution in [0.3, 0.4) is 0 Å². The molecule has 1 heterocycles. The monoisotopic (exact) mass is 471 g/mol. The van der Waals surface area contributed by atoms with Crippen LogP contribution < -0.4 is 16.4 Å². The highest BCUT2D eigenvalue weighted by molar-refractivity contribution is 14.1. The van der Waals surface area contributed by atoms with E-state index in [-0.39, 0.29) is 0 Å². The van der Waals surface area contributed by atoms with E-state index in [2.05, 4.69) is 43.2 Å². The Morgan fingerprint density at radius 3 is 2.29 bits per heavy atom. The Labute approximate surface area is 162 Å². The first-order valence-corrected chi connectivity index (χ1v) is 8.72. The average Bonchev–Trinajstić information content (AvgIpc) is 2.57. The lowest BCUT2D eigenvalue weighted by molar-refractivity contribution is 1.17. The molecule has 0 bridgehead atoms. The molecule has 122 valence electrons. The summed E-state index contributed by atoms with van der Waals surface area (Å²) in [7, 11) is 0. The maximum atomic E-state index is 6.18. The van der Waals surface area contributed by atoms with Gasteiger partial charge >= 0.3 is 0 Å². The van der Waals surface area contributed by atoms with E-state index in [4.69, 9.17) is 28.9 Å². The van der Waals surface area contributed by atoms with Gasteiger partial charge in [-0.25, -0.2) is 9.97 Å². The zero-order valence-electron chi connectivity index (χ0n) is 12.2. The number of nitrogens with one attached hydrogen (secondary N) is 2. The number of aromatic nitrogens is 2. The van der Waals surface area contributed by atoms with Crippen molar-refractivity contribution in [3.8, 4) is 0 Å². The van der Waals surface area contributed by atoms with Crippen molar-refractivity contribution in [2.45, 2.75) is 0 Å². The number of halogens is 3. The molecule has 2 aromatic carbocycles. The molecule has 0 saturated heterocycles. The summed E-state index contributed by atoms with van der Waals surface area (Å²) in [6, 6.07) is 13.2. The number of anilines is 5. The summed E-state index contributed by atoms with van der Waals surface area (Å²) in [5.41, 5.74) is 8.05. The fourth-order valence-electron chi connectivity index (χ4n) is 1.99. The number of nitrogens with zero attached hydrogens (tertiary/aromatic N) is 2. The van der Waals surface area contributed by atoms with Crippen LogP contribution in [0, 0.1) is 3.57 Å². The summed E-state index contributed by atoms with van der Waals surface area (Å²) in [5, 5.41) is 7.11. The number of nitrogen functional groups attached to an aromatic ring is 1. The third-order valence-corrected chi connectivity index (χ3v) is 4.73. The summed E-state index contributed by atoms with van der Waals surface area (Å²) in [5.74, 6) is 0.953. The average molecular weight is 472 g/mol. The first-order valence-electron chi connectivity index (χ1n) is 6.88. The van der Waals surface area contributed by atoms with Gasteiger partial charge in [0, 0.05) is 9.26 Å². The first-order chi connectivity index (χ1) is 11.5. The number of hydrogen-bond donors (Lipinski definition) is 3. The molecule has 0 atom stereocenters. The van der Waals surface area contributed by atoms with Crippen molar-refractivity contribution in [1.29, 1.82) is 0 Å². The first kappa shape index (κ1) is 17.1. The fourth-order valence-corrected chi connectivity index (χ4v) is 2.70. The lowest BCUT2D eigenvalue weighted by Crippen LogP contribution is -2.05. The van der Waals surface area contributed by atoms with E-state index >= 15 is 0 Å². The zero-order chi connectivity index (χ0) is 17.1. The molecule has 3 aromatic rings. The molecule has 1 aromatic heterocycles. The molecular formula is C16H12Cl2IN5. The summed E-state index contributed by atoms with van der Waals surface area (Å²) in [6.07, 6.45) is 1.42. The highest BCUT2D eigenvalue weighted by atomic mass is 127. The largest absolute Gasteiger partial charge is 0.393 e. The molecule has 8 heteroatoms. The minimum Gasteiger partial charge on any atom is -0.393 e. The van der Waals surface area contributed by atoms with Crippen LogP contribution in [-0.4, -0.2) is 9.97 Å². The molecule has 0 aliphatic carbocycles. The molecule has 4 N–H and O–H groups in total. The van der Waals surface area contributed by atoms with Crippen molar-refractivity contribution >= 4 is 74.5 Å². The number of hydrogen-bond acceptors (Lipinski definition) is 5. The minimum absolute atomic E-state index is 0.382. The van der Waals surface area contributed by atoms with E-state index < -0.39 is 0 Å². The van der Waals surface area contributed by atoms with Gasteiger partial charge in [-0.15, -0.1) is 0 Å². The van der Waals surface area contributed by atoms with E-state index in [1.165, 1.54) is 6.33 Å².